The summed E-state index contributed by atoms with van der Waals surface area (Å²) in [6.07, 6.45) is 1.57. The number of ether oxygens (including phenoxy) is 2. The van der Waals surface area contributed by atoms with E-state index in [0.717, 1.165) is 18.9 Å². The summed E-state index contributed by atoms with van der Waals surface area (Å²) in [6, 6.07) is 8.91. The number of nitrogens with zero attached hydrogens (tertiary/aromatic N) is 3. The molecule has 0 bridgehead atoms. The van der Waals surface area contributed by atoms with E-state index in [4.69, 9.17) is 9.47 Å². The van der Waals surface area contributed by atoms with Gasteiger partial charge in [0.2, 0.25) is 5.91 Å². The first kappa shape index (κ1) is 18.1. The molecule has 28 heavy (non-hydrogen) atoms. The number of amides is 2. The van der Waals surface area contributed by atoms with Crippen LogP contribution < -0.4 is 19.7 Å². The van der Waals surface area contributed by atoms with E-state index in [2.05, 4.69) is 15.2 Å². The summed E-state index contributed by atoms with van der Waals surface area (Å²) in [6.45, 7) is 5.44. The molecule has 1 saturated heterocycles. The van der Waals surface area contributed by atoms with Gasteiger partial charge in [-0.2, -0.15) is 0 Å². The molecule has 146 valence electrons. The van der Waals surface area contributed by atoms with E-state index in [1.807, 2.05) is 11.0 Å². The number of pyridine rings is 1. The first-order valence-electron chi connectivity index (χ1n) is 9.28. The molecule has 2 amide bonds. The van der Waals surface area contributed by atoms with E-state index in [1.54, 1.807) is 37.4 Å². The molecule has 0 radical (unpaired) electrons. The molecule has 0 saturated carbocycles. The third-order valence-corrected chi connectivity index (χ3v) is 4.86. The molecule has 2 aliphatic heterocycles. The Morgan fingerprint density at radius 2 is 1.75 bits per heavy atom. The third kappa shape index (κ3) is 3.85. The number of piperazine rings is 1. The van der Waals surface area contributed by atoms with Crippen LogP contribution in [-0.2, 0) is 4.79 Å². The number of rotatable bonds is 3. The zero-order chi connectivity index (χ0) is 19.5. The molecular weight excluding hydrogens is 360 g/mol. The van der Waals surface area contributed by atoms with Gasteiger partial charge in [-0.3, -0.25) is 9.59 Å². The summed E-state index contributed by atoms with van der Waals surface area (Å²) in [7, 11) is 0. The van der Waals surface area contributed by atoms with Crippen molar-refractivity contribution >= 4 is 23.3 Å². The number of hydrogen-bond acceptors (Lipinski definition) is 6. The summed E-state index contributed by atoms with van der Waals surface area (Å²) in [4.78, 5) is 32.3. The smallest absolute Gasteiger partial charge is 0.257 e. The highest BCUT2D eigenvalue weighted by atomic mass is 16.6. The third-order valence-electron chi connectivity index (χ3n) is 4.86. The molecule has 0 atom stereocenters. The van der Waals surface area contributed by atoms with Crippen LogP contribution in [0.2, 0.25) is 0 Å². The predicted molar refractivity (Wildman–Crippen MR) is 104 cm³/mol. The maximum Gasteiger partial charge on any atom is 0.257 e. The zero-order valence-electron chi connectivity index (χ0n) is 15.7. The lowest BCUT2D eigenvalue weighted by Gasteiger charge is -2.34. The Balaban J connectivity index is 1.38. The van der Waals surface area contributed by atoms with Gasteiger partial charge in [0.15, 0.2) is 11.5 Å². The maximum absolute atomic E-state index is 12.5. The number of carbonyl (C=O) groups is 2. The van der Waals surface area contributed by atoms with E-state index < -0.39 is 0 Å². The predicted octanol–water partition coefficient (Wildman–Crippen LogP) is 1.77. The number of carbonyl (C=O) groups excluding carboxylic acids is 2. The van der Waals surface area contributed by atoms with Gasteiger partial charge in [-0.1, -0.05) is 0 Å². The number of nitrogens with one attached hydrogen (secondary N) is 1. The maximum atomic E-state index is 12.5. The molecule has 0 unspecified atom stereocenters. The van der Waals surface area contributed by atoms with E-state index in [-0.39, 0.29) is 11.8 Å². The van der Waals surface area contributed by atoms with Crippen molar-refractivity contribution in [2.75, 3.05) is 49.6 Å². The Bertz CT molecular complexity index is 876. The Hall–Kier alpha value is -3.29. The van der Waals surface area contributed by atoms with Crippen molar-refractivity contribution < 1.29 is 19.1 Å². The average molecular weight is 382 g/mol. The van der Waals surface area contributed by atoms with Crippen molar-refractivity contribution in [3.05, 3.63) is 42.1 Å². The lowest BCUT2D eigenvalue weighted by molar-refractivity contribution is -0.129. The van der Waals surface area contributed by atoms with Crippen molar-refractivity contribution in [2.24, 2.45) is 0 Å². The molecule has 4 rings (SSSR count). The molecule has 2 aromatic rings. The second-order valence-corrected chi connectivity index (χ2v) is 6.71. The van der Waals surface area contributed by atoms with Gasteiger partial charge in [0.1, 0.15) is 19.0 Å². The molecule has 1 aromatic carbocycles. The number of fused-ring (bicyclic) bond motifs is 1. The van der Waals surface area contributed by atoms with Crippen LogP contribution in [0, 0.1) is 0 Å². The van der Waals surface area contributed by atoms with Crippen LogP contribution in [0.15, 0.2) is 36.5 Å². The summed E-state index contributed by atoms with van der Waals surface area (Å²) in [5, 5.41) is 2.85. The first-order valence-corrected chi connectivity index (χ1v) is 9.28. The lowest BCUT2D eigenvalue weighted by atomic mass is 10.2. The average Bonchev–Trinajstić information content (AvgIpc) is 2.74. The highest BCUT2D eigenvalue weighted by Gasteiger charge is 2.20. The SMILES string of the molecule is CC(=O)N1CCN(c2ccc(C(=O)Nc3ccc4c(c3)OCCO4)cn2)CC1. The monoisotopic (exact) mass is 382 g/mol. The number of aromatic nitrogens is 1. The van der Waals surface area contributed by atoms with Crippen molar-refractivity contribution in [3.63, 3.8) is 0 Å². The highest BCUT2D eigenvalue weighted by molar-refractivity contribution is 6.04. The van der Waals surface area contributed by atoms with Gasteiger partial charge in [0.05, 0.1) is 5.56 Å². The van der Waals surface area contributed by atoms with Crippen molar-refractivity contribution in [1.82, 2.24) is 9.88 Å². The molecule has 2 aliphatic rings. The Labute approximate surface area is 163 Å². The molecule has 1 aromatic heterocycles. The Kier molecular flexibility index (Phi) is 5.01. The summed E-state index contributed by atoms with van der Waals surface area (Å²) >= 11 is 0. The fourth-order valence-electron chi connectivity index (χ4n) is 3.28. The highest BCUT2D eigenvalue weighted by Crippen LogP contribution is 2.32. The molecule has 3 heterocycles. The normalized spacial score (nSPS) is 15.9. The molecule has 1 fully saturated rings. The van der Waals surface area contributed by atoms with Crippen LogP contribution in [0.5, 0.6) is 11.5 Å². The van der Waals surface area contributed by atoms with Gasteiger partial charge in [-0.25, -0.2) is 4.98 Å². The van der Waals surface area contributed by atoms with Gasteiger partial charge in [-0.15, -0.1) is 0 Å². The van der Waals surface area contributed by atoms with E-state index in [9.17, 15) is 9.59 Å². The van der Waals surface area contributed by atoms with Crippen molar-refractivity contribution in [3.8, 4) is 11.5 Å². The molecule has 1 N–H and O–H groups in total. The van der Waals surface area contributed by atoms with Crippen molar-refractivity contribution in [1.29, 1.82) is 0 Å². The summed E-state index contributed by atoms with van der Waals surface area (Å²) < 4.78 is 11.0. The topological polar surface area (TPSA) is 84.0 Å². The number of hydrogen-bond donors (Lipinski definition) is 1. The van der Waals surface area contributed by atoms with Crippen molar-refractivity contribution in [2.45, 2.75) is 6.92 Å². The standard InChI is InChI=1S/C20H22N4O4/c1-14(25)23-6-8-24(9-7-23)19-5-2-15(13-21-19)20(26)22-16-3-4-17-18(12-16)28-11-10-27-17/h2-5,12-13H,6-11H2,1H3,(H,22,26). The molecule has 0 aliphatic carbocycles. The minimum atomic E-state index is -0.239. The van der Waals surface area contributed by atoms with Gasteiger partial charge in [0, 0.05) is 51.1 Å². The van der Waals surface area contributed by atoms with E-state index in [0.29, 0.717) is 49.1 Å². The first-order chi connectivity index (χ1) is 13.6. The molecule has 8 heteroatoms. The van der Waals surface area contributed by atoms with Crippen LogP contribution in [0.25, 0.3) is 0 Å². The largest absolute Gasteiger partial charge is 0.486 e. The fraction of sp³-hybridized carbons (Fsp3) is 0.350. The Morgan fingerprint density at radius 1 is 1.00 bits per heavy atom. The van der Waals surface area contributed by atoms with E-state index in [1.165, 1.54) is 0 Å². The molecular formula is C20H22N4O4. The molecule has 8 nitrogen and oxygen atoms in total. The summed E-state index contributed by atoms with van der Waals surface area (Å²) in [5.41, 5.74) is 1.11. The molecule has 0 spiro atoms. The van der Waals surface area contributed by atoms with Crippen LogP contribution in [0.3, 0.4) is 0 Å². The fourth-order valence-corrected chi connectivity index (χ4v) is 3.28. The number of anilines is 2. The summed E-state index contributed by atoms with van der Waals surface area (Å²) in [5.74, 6) is 1.97. The zero-order valence-corrected chi connectivity index (χ0v) is 15.7. The second-order valence-electron chi connectivity index (χ2n) is 6.71. The minimum absolute atomic E-state index is 0.0961. The van der Waals surface area contributed by atoms with Gasteiger partial charge >= 0.3 is 0 Å². The number of benzene rings is 1. The van der Waals surface area contributed by atoms with Crippen LogP contribution in [0.4, 0.5) is 11.5 Å². The van der Waals surface area contributed by atoms with E-state index >= 15 is 0 Å². The van der Waals surface area contributed by atoms with Crippen LogP contribution in [-0.4, -0.2) is 61.1 Å². The van der Waals surface area contributed by atoms with Gasteiger partial charge < -0.3 is 24.6 Å². The minimum Gasteiger partial charge on any atom is -0.486 e. The quantitative estimate of drug-likeness (QED) is 0.871. The Morgan fingerprint density at radius 3 is 2.43 bits per heavy atom. The van der Waals surface area contributed by atoms with Crippen LogP contribution >= 0.6 is 0 Å². The van der Waals surface area contributed by atoms with Gasteiger partial charge in [0.25, 0.3) is 5.91 Å². The second kappa shape index (κ2) is 7.75. The van der Waals surface area contributed by atoms with Gasteiger partial charge in [-0.05, 0) is 24.3 Å². The lowest BCUT2D eigenvalue weighted by Crippen LogP contribution is -2.48. The van der Waals surface area contributed by atoms with Crippen LogP contribution in [0.1, 0.15) is 17.3 Å².